The van der Waals surface area contributed by atoms with Crippen LogP contribution in [-0.4, -0.2) is 112 Å². The summed E-state index contributed by atoms with van der Waals surface area (Å²) in [4.78, 5) is 42.0. The molecule has 0 spiro atoms. The number of likely N-dealkylation sites (tertiary alicyclic amines) is 1. The largest absolute Gasteiger partial charge is 0.509 e. The van der Waals surface area contributed by atoms with E-state index >= 15 is 0 Å². The predicted octanol–water partition coefficient (Wildman–Crippen LogP) is 21.1. The molecule has 6 aromatic carbocycles. The van der Waals surface area contributed by atoms with Crippen molar-refractivity contribution in [3.63, 3.8) is 0 Å². The number of halogens is 18. The van der Waals surface area contributed by atoms with E-state index in [1.54, 1.807) is 58.6 Å². The maximum atomic E-state index is 13.4. The Morgan fingerprint density at radius 2 is 0.778 bits per heavy atom. The van der Waals surface area contributed by atoms with Crippen molar-refractivity contribution in [1.29, 1.82) is 0 Å². The standard InChI is InChI=1S/C24H24F6N2O5.C24H22F6N2O3.C14H7F6NO.C11H18O3/c1-22(2,3)37-21(35)31-10-16(20(34)17(33)11-31)32-14-6-4-12(23(25,26)27)8-18(14)36-19-9-13(24(28,29)30)5-7-15(19)32;1-22(2,3)35-21(33)31-10-4-5-16(13-31)32-17-8-6-14(23(25,26)27)11-19(17)34-20-12-15(24(28,29)30)7-9-18(20)32;15-13(16,17)7-1-3-9-11(5-7)22-12-6-8(14(18,19)20)2-4-10(12)21-9;1-11(2,3)14-10(12)13-9-7-5-4-6-8-9/h4-9,16-17,20,33-34H,10-11H2,1-3H3;4-9,11-12,16H,10,13H2,1-3H3;1-6,21H;5,7,9H,4,6,8H2,1-3H3/t16-,17-,20+;16-;;/m01../s1. The van der Waals surface area contributed by atoms with E-state index in [1.165, 1.54) is 34.1 Å². The first-order valence-corrected chi connectivity index (χ1v) is 32.9. The lowest BCUT2D eigenvalue weighted by Crippen LogP contribution is -2.62. The van der Waals surface area contributed by atoms with Gasteiger partial charge >= 0.3 is 55.4 Å². The van der Waals surface area contributed by atoms with E-state index in [4.69, 9.17) is 33.2 Å². The minimum absolute atomic E-state index is 0.00236. The molecular formula is C73H71F18N5O12. The molecule has 5 atom stereocenters. The lowest BCUT2D eigenvalue weighted by atomic mass is 9.95. The minimum Gasteiger partial charge on any atom is -0.453 e. The summed E-state index contributed by atoms with van der Waals surface area (Å²) >= 11 is 0. The van der Waals surface area contributed by atoms with Gasteiger partial charge in [0.15, 0.2) is 34.5 Å². The fourth-order valence-corrected chi connectivity index (χ4v) is 11.5. The fourth-order valence-electron chi connectivity index (χ4n) is 11.5. The van der Waals surface area contributed by atoms with Crippen LogP contribution in [-0.2, 0) is 56.0 Å². The van der Waals surface area contributed by atoms with Gasteiger partial charge in [-0.05, 0) is 197 Å². The zero-order valence-corrected chi connectivity index (χ0v) is 58.6. The highest BCUT2D eigenvalue weighted by molar-refractivity contribution is 5.82. The Morgan fingerprint density at radius 3 is 1.14 bits per heavy atom. The molecule has 0 aromatic heterocycles. The summed E-state index contributed by atoms with van der Waals surface area (Å²) in [5.74, 6) is -1.65. The molecule has 0 radical (unpaired) electrons. The van der Waals surface area contributed by atoms with Gasteiger partial charge in [-0.1, -0.05) is 18.2 Å². The highest BCUT2D eigenvalue weighted by Gasteiger charge is 2.47. The van der Waals surface area contributed by atoms with Crippen molar-refractivity contribution in [2.24, 2.45) is 0 Å². The van der Waals surface area contributed by atoms with Gasteiger partial charge in [0, 0.05) is 19.6 Å². The third kappa shape index (κ3) is 20.6. The molecule has 6 aromatic rings. The summed E-state index contributed by atoms with van der Waals surface area (Å²) in [6.07, 6.45) is -22.6. The second-order valence-electron chi connectivity index (χ2n) is 28.2. The molecule has 0 bridgehead atoms. The molecular weight excluding hydrogens is 1480 g/mol. The maximum Gasteiger partial charge on any atom is 0.509 e. The number of carbonyl (C=O) groups is 3. The lowest BCUT2D eigenvalue weighted by molar-refractivity contribution is -0.138. The van der Waals surface area contributed by atoms with Crippen molar-refractivity contribution in [1.82, 2.24) is 9.80 Å². The first-order valence-electron chi connectivity index (χ1n) is 32.9. The predicted molar refractivity (Wildman–Crippen MR) is 355 cm³/mol. The number of nitrogens with one attached hydrogen (secondary N) is 1. The number of piperidine rings is 1. The number of alkyl halides is 18. The second-order valence-corrected chi connectivity index (χ2v) is 28.2. The number of ether oxygens (including phenoxy) is 7. The van der Waals surface area contributed by atoms with Crippen molar-refractivity contribution >= 4 is 52.5 Å². The molecule has 2 amide bonds. The second kappa shape index (κ2) is 30.6. The number of nitrogens with zero attached hydrogens (tertiary/aromatic N) is 4. The Kier molecular flexibility index (Phi) is 23.3. The zero-order chi connectivity index (χ0) is 80.0. The molecule has 6 aliphatic rings. The third-order valence-corrected chi connectivity index (χ3v) is 16.2. The Morgan fingerprint density at radius 1 is 0.426 bits per heavy atom. The molecule has 17 nitrogen and oxygen atoms in total. The van der Waals surface area contributed by atoms with Crippen LogP contribution < -0.4 is 29.3 Å². The van der Waals surface area contributed by atoms with Crippen molar-refractivity contribution in [2.75, 3.05) is 41.3 Å². The molecule has 1 saturated heterocycles. The molecule has 586 valence electrons. The highest BCUT2D eigenvalue weighted by atomic mass is 19.4. The summed E-state index contributed by atoms with van der Waals surface area (Å²) < 4.78 is 273. The summed E-state index contributed by atoms with van der Waals surface area (Å²) in [7, 11) is 0. The molecule has 1 aliphatic carbocycles. The molecule has 5 heterocycles. The Hall–Kier alpha value is -9.93. The summed E-state index contributed by atoms with van der Waals surface area (Å²) in [6, 6.07) is 14.4. The summed E-state index contributed by atoms with van der Waals surface area (Å²) in [5.41, 5.74) is -7.21. The van der Waals surface area contributed by atoms with Crippen molar-refractivity contribution in [3.05, 3.63) is 167 Å². The number of β-amino-alcohol motifs (C(OH)–C–C–N with tert-alkyl or cyclic N) is 1. The van der Waals surface area contributed by atoms with E-state index in [9.17, 15) is 104 Å². The van der Waals surface area contributed by atoms with Crippen LogP contribution in [0.4, 0.5) is 128 Å². The van der Waals surface area contributed by atoms with Gasteiger partial charge in [-0.2, -0.15) is 79.0 Å². The van der Waals surface area contributed by atoms with E-state index < -0.39 is 141 Å². The molecule has 1 unspecified atom stereocenters. The molecule has 5 aliphatic heterocycles. The third-order valence-electron chi connectivity index (χ3n) is 16.2. The zero-order valence-electron chi connectivity index (χ0n) is 58.6. The first-order chi connectivity index (χ1) is 49.7. The molecule has 1 fully saturated rings. The number of hydrogen-bond donors (Lipinski definition) is 3. The van der Waals surface area contributed by atoms with Gasteiger partial charge in [0.2, 0.25) is 0 Å². The van der Waals surface area contributed by atoms with E-state index in [0.29, 0.717) is 12.1 Å². The van der Waals surface area contributed by atoms with Gasteiger partial charge in [-0.25, -0.2) is 14.4 Å². The first kappa shape index (κ1) is 82.1. The summed E-state index contributed by atoms with van der Waals surface area (Å²) in [5, 5.41) is 24.1. The van der Waals surface area contributed by atoms with Crippen LogP contribution in [0.5, 0.6) is 34.5 Å². The molecule has 35 heteroatoms. The van der Waals surface area contributed by atoms with Gasteiger partial charge < -0.3 is 68.3 Å². The molecule has 12 rings (SSSR count). The average molecular weight is 1550 g/mol. The number of rotatable bonds is 3. The van der Waals surface area contributed by atoms with Crippen molar-refractivity contribution in [2.45, 2.75) is 166 Å². The highest BCUT2D eigenvalue weighted by Crippen LogP contribution is 2.54. The van der Waals surface area contributed by atoms with Crippen LogP contribution in [0, 0.1) is 0 Å². The number of allylic oxidation sites excluding steroid dienone is 1. The minimum atomic E-state index is -4.76. The van der Waals surface area contributed by atoms with Crippen LogP contribution in [0.25, 0.3) is 0 Å². The van der Waals surface area contributed by atoms with Crippen LogP contribution in [0.3, 0.4) is 0 Å². The Labute approximate surface area is 605 Å². The normalized spacial score (nSPS) is 19.1. The number of aliphatic hydroxyl groups excluding tert-OH is 2. The molecule has 0 saturated carbocycles. The Bertz CT molecular complexity index is 4160. The number of benzene rings is 6. The quantitative estimate of drug-likeness (QED) is 0.0657. The number of anilines is 6. The van der Waals surface area contributed by atoms with Crippen LogP contribution in [0.15, 0.2) is 133 Å². The maximum absolute atomic E-state index is 13.4. The van der Waals surface area contributed by atoms with Crippen molar-refractivity contribution < 1.29 is 137 Å². The monoisotopic (exact) mass is 1550 g/mol. The van der Waals surface area contributed by atoms with Gasteiger partial charge in [0.05, 0.1) is 92.2 Å². The molecule has 108 heavy (non-hydrogen) atoms. The summed E-state index contributed by atoms with van der Waals surface area (Å²) in [6.45, 7) is 15.3. The van der Waals surface area contributed by atoms with E-state index in [-0.39, 0.29) is 89.4 Å². The van der Waals surface area contributed by atoms with Gasteiger partial charge in [-0.3, -0.25) is 0 Å². The van der Waals surface area contributed by atoms with Crippen LogP contribution >= 0.6 is 0 Å². The number of amides is 2. The SMILES string of the molecule is CC(C)(C)OC(=O)N1CC=C[C@@H](N2c3ccc(C(F)(F)F)cc3Oc3cc(C(F)(F)F)ccc32)C1.CC(C)(C)OC(=O)N1C[C@H](O)[C@H](O)[C@@H](N2c3ccc(C(F)(F)F)cc3Oc3cc(C(F)(F)F)ccc32)C1.CC(C)(C)OC(=O)OC1C=CCCC1.FC(F)(F)c1ccc2c(c1)Oc1cc(C(F)(F)F)ccc1N2. The van der Waals surface area contributed by atoms with E-state index in [0.717, 1.165) is 97.0 Å². The van der Waals surface area contributed by atoms with E-state index in [1.807, 2.05) is 32.9 Å². The Balaban J connectivity index is 0.000000175. The van der Waals surface area contributed by atoms with Gasteiger partial charge in [0.1, 0.15) is 29.0 Å². The molecule has 3 N–H and O–H groups in total. The van der Waals surface area contributed by atoms with Gasteiger partial charge in [-0.15, -0.1) is 0 Å². The number of fused-ring (bicyclic) bond motifs is 6. The number of hydrogen-bond acceptors (Lipinski definition) is 15. The fraction of sp³-hybridized carbons (Fsp3) is 0.411. The smallest absolute Gasteiger partial charge is 0.453 e. The number of aliphatic hydroxyl groups is 2. The number of carbonyl (C=O) groups excluding carboxylic acids is 3. The van der Waals surface area contributed by atoms with E-state index in [2.05, 4.69) is 5.32 Å². The lowest BCUT2D eigenvalue weighted by Gasteiger charge is -2.47. The average Bonchev–Trinajstić information content (AvgIpc) is 0.753. The van der Waals surface area contributed by atoms with Crippen LogP contribution in [0.1, 0.15) is 115 Å². The van der Waals surface area contributed by atoms with Gasteiger partial charge in [0.25, 0.3) is 0 Å². The van der Waals surface area contributed by atoms with Crippen molar-refractivity contribution in [3.8, 4) is 34.5 Å². The van der Waals surface area contributed by atoms with Crippen LogP contribution in [0.2, 0.25) is 0 Å². The topological polar surface area (TPSA) is 181 Å².